The molecule has 0 aliphatic carbocycles. The van der Waals surface area contributed by atoms with Gasteiger partial charge in [-0.15, -0.1) is 0 Å². The Kier molecular flexibility index (Phi) is 4.42. The van der Waals surface area contributed by atoms with Gasteiger partial charge in [0.1, 0.15) is 16.9 Å². The number of carbonyl (C=O) groups excluding carboxylic acids is 2. The van der Waals surface area contributed by atoms with Gasteiger partial charge in [0.05, 0.1) is 7.11 Å². The number of hydrogen-bond acceptors (Lipinski definition) is 6. The maximum absolute atomic E-state index is 12.1. The van der Waals surface area contributed by atoms with Crippen LogP contribution in [0.15, 0.2) is 58.0 Å². The topological polar surface area (TPSA) is 111 Å². The number of amides is 2. The van der Waals surface area contributed by atoms with E-state index in [9.17, 15) is 14.4 Å². The van der Waals surface area contributed by atoms with Crippen molar-refractivity contribution in [1.29, 1.82) is 0 Å². The highest BCUT2D eigenvalue weighted by Gasteiger charge is 2.15. The molecule has 25 heavy (non-hydrogen) atoms. The summed E-state index contributed by atoms with van der Waals surface area (Å²) < 4.78 is 10.2. The SMILES string of the molecule is COc1ccc2cc(C(=O)NNC(=O)c3ccncc3)c(=O)oc2c1. The minimum Gasteiger partial charge on any atom is -0.497 e. The molecule has 0 atom stereocenters. The molecule has 0 bridgehead atoms. The van der Waals surface area contributed by atoms with Crippen LogP contribution in [0.3, 0.4) is 0 Å². The Bertz CT molecular complexity index is 998. The largest absolute Gasteiger partial charge is 0.497 e. The van der Waals surface area contributed by atoms with Crippen LogP contribution in [0, 0.1) is 0 Å². The van der Waals surface area contributed by atoms with Crippen LogP contribution in [0.25, 0.3) is 11.0 Å². The summed E-state index contributed by atoms with van der Waals surface area (Å²) in [6.07, 6.45) is 2.89. The zero-order chi connectivity index (χ0) is 17.8. The fraction of sp³-hybridized carbons (Fsp3) is 0.0588. The van der Waals surface area contributed by atoms with E-state index >= 15 is 0 Å². The molecule has 0 aliphatic rings. The average Bonchev–Trinajstić information content (AvgIpc) is 2.65. The van der Waals surface area contributed by atoms with Crippen LogP contribution in [0.2, 0.25) is 0 Å². The lowest BCUT2D eigenvalue weighted by Gasteiger charge is -2.07. The van der Waals surface area contributed by atoms with Gasteiger partial charge < -0.3 is 9.15 Å². The smallest absolute Gasteiger partial charge is 0.349 e. The molecule has 3 aromatic rings. The Morgan fingerprint density at radius 1 is 1.04 bits per heavy atom. The van der Waals surface area contributed by atoms with Crippen molar-refractivity contribution in [2.45, 2.75) is 0 Å². The first kappa shape index (κ1) is 16.2. The number of nitrogens with one attached hydrogen (secondary N) is 2. The summed E-state index contributed by atoms with van der Waals surface area (Å²) in [5.74, 6) is -0.794. The van der Waals surface area contributed by atoms with E-state index in [0.29, 0.717) is 22.3 Å². The number of fused-ring (bicyclic) bond motifs is 1. The summed E-state index contributed by atoms with van der Waals surface area (Å²) in [5.41, 5.74) is 3.96. The van der Waals surface area contributed by atoms with Gasteiger partial charge in [-0.3, -0.25) is 25.4 Å². The number of nitrogens with zero attached hydrogens (tertiary/aromatic N) is 1. The van der Waals surface area contributed by atoms with Crippen molar-refractivity contribution < 1.29 is 18.7 Å². The molecule has 0 aliphatic heterocycles. The van der Waals surface area contributed by atoms with Crippen molar-refractivity contribution in [2.75, 3.05) is 7.11 Å². The number of pyridine rings is 1. The number of aromatic nitrogens is 1. The Hall–Kier alpha value is -3.68. The highest BCUT2D eigenvalue weighted by molar-refractivity contribution is 6.00. The van der Waals surface area contributed by atoms with Crippen LogP contribution >= 0.6 is 0 Å². The molecule has 2 amide bonds. The molecule has 0 saturated carbocycles. The third kappa shape index (κ3) is 3.47. The zero-order valence-electron chi connectivity index (χ0n) is 13.1. The highest BCUT2D eigenvalue weighted by atomic mass is 16.5. The first-order chi connectivity index (χ1) is 12.1. The van der Waals surface area contributed by atoms with Crippen LogP contribution in [0.4, 0.5) is 0 Å². The number of methoxy groups -OCH3 is 1. The van der Waals surface area contributed by atoms with E-state index in [-0.39, 0.29) is 5.56 Å². The lowest BCUT2D eigenvalue weighted by atomic mass is 10.1. The number of ether oxygens (including phenoxy) is 1. The second kappa shape index (κ2) is 6.83. The van der Waals surface area contributed by atoms with Gasteiger partial charge in [-0.1, -0.05) is 0 Å². The van der Waals surface area contributed by atoms with Crippen LogP contribution in [-0.2, 0) is 0 Å². The van der Waals surface area contributed by atoms with Crippen LogP contribution in [0.5, 0.6) is 5.75 Å². The molecule has 8 nitrogen and oxygen atoms in total. The van der Waals surface area contributed by atoms with Gasteiger partial charge in [0, 0.05) is 29.4 Å². The minimum absolute atomic E-state index is 0.229. The molecule has 0 radical (unpaired) electrons. The molecule has 0 spiro atoms. The summed E-state index contributed by atoms with van der Waals surface area (Å²) in [4.78, 5) is 39.8. The molecular weight excluding hydrogens is 326 g/mol. The maximum atomic E-state index is 12.1. The molecule has 0 fully saturated rings. The molecule has 126 valence electrons. The van der Waals surface area contributed by atoms with E-state index in [2.05, 4.69) is 15.8 Å². The van der Waals surface area contributed by atoms with Gasteiger partial charge in [0.25, 0.3) is 11.8 Å². The van der Waals surface area contributed by atoms with Crippen molar-refractivity contribution in [3.8, 4) is 5.75 Å². The fourth-order valence-corrected chi connectivity index (χ4v) is 2.13. The lowest BCUT2D eigenvalue weighted by molar-refractivity contribution is 0.0844. The van der Waals surface area contributed by atoms with Gasteiger partial charge in [-0.2, -0.15) is 0 Å². The predicted octanol–water partition coefficient (Wildman–Crippen LogP) is 1.27. The number of carbonyl (C=O) groups is 2. The average molecular weight is 339 g/mol. The third-order valence-corrected chi connectivity index (χ3v) is 3.42. The summed E-state index contributed by atoms with van der Waals surface area (Å²) in [6.45, 7) is 0. The molecule has 0 saturated heterocycles. The first-order valence-corrected chi connectivity index (χ1v) is 7.21. The standard InChI is InChI=1S/C17H13N3O5/c1-24-12-3-2-11-8-13(17(23)25-14(11)9-12)16(22)20-19-15(21)10-4-6-18-7-5-10/h2-9H,1H3,(H,19,21)(H,20,22). The number of hydrazine groups is 1. The van der Waals surface area contributed by atoms with E-state index in [1.807, 2.05) is 0 Å². The lowest BCUT2D eigenvalue weighted by Crippen LogP contribution is -2.43. The van der Waals surface area contributed by atoms with Gasteiger partial charge in [-0.25, -0.2) is 4.79 Å². The van der Waals surface area contributed by atoms with Crippen LogP contribution in [-0.4, -0.2) is 23.9 Å². The summed E-state index contributed by atoms with van der Waals surface area (Å²) in [5, 5.41) is 0.547. The molecule has 8 heteroatoms. The number of rotatable bonds is 3. The highest BCUT2D eigenvalue weighted by Crippen LogP contribution is 2.20. The number of hydrogen-bond donors (Lipinski definition) is 2. The quantitative estimate of drug-likeness (QED) is 0.549. The Labute approximate surface area is 141 Å². The zero-order valence-corrected chi connectivity index (χ0v) is 13.1. The van der Waals surface area contributed by atoms with Gasteiger partial charge >= 0.3 is 5.63 Å². The van der Waals surface area contributed by atoms with E-state index < -0.39 is 17.4 Å². The van der Waals surface area contributed by atoms with Gasteiger partial charge in [-0.05, 0) is 30.3 Å². The Morgan fingerprint density at radius 2 is 1.76 bits per heavy atom. The van der Waals surface area contributed by atoms with E-state index in [0.717, 1.165) is 0 Å². The molecule has 2 heterocycles. The summed E-state index contributed by atoms with van der Waals surface area (Å²) in [6, 6.07) is 9.23. The van der Waals surface area contributed by atoms with Gasteiger partial charge in [0.15, 0.2) is 0 Å². The molecular formula is C17H13N3O5. The van der Waals surface area contributed by atoms with Gasteiger partial charge in [0.2, 0.25) is 0 Å². The predicted molar refractivity (Wildman–Crippen MR) is 88.2 cm³/mol. The van der Waals surface area contributed by atoms with Crippen molar-refractivity contribution >= 4 is 22.8 Å². The van der Waals surface area contributed by atoms with Crippen molar-refractivity contribution in [3.63, 3.8) is 0 Å². The second-order valence-corrected chi connectivity index (χ2v) is 5.00. The molecule has 1 aromatic carbocycles. The van der Waals surface area contributed by atoms with E-state index in [1.54, 1.807) is 18.2 Å². The monoisotopic (exact) mass is 339 g/mol. The summed E-state index contributed by atoms with van der Waals surface area (Å²) in [7, 11) is 1.49. The molecule has 2 N–H and O–H groups in total. The van der Waals surface area contributed by atoms with Crippen molar-refractivity contribution in [1.82, 2.24) is 15.8 Å². The Balaban J connectivity index is 1.79. The summed E-state index contributed by atoms with van der Waals surface area (Å²) >= 11 is 0. The first-order valence-electron chi connectivity index (χ1n) is 7.21. The normalized spacial score (nSPS) is 10.3. The molecule has 2 aromatic heterocycles. The Morgan fingerprint density at radius 3 is 2.48 bits per heavy atom. The van der Waals surface area contributed by atoms with Crippen LogP contribution in [0.1, 0.15) is 20.7 Å². The molecule has 0 unspecified atom stereocenters. The second-order valence-electron chi connectivity index (χ2n) is 5.00. The fourth-order valence-electron chi connectivity index (χ4n) is 2.13. The minimum atomic E-state index is -0.823. The molecule has 3 rings (SSSR count). The maximum Gasteiger partial charge on any atom is 0.349 e. The van der Waals surface area contributed by atoms with Crippen molar-refractivity contribution in [3.05, 3.63) is 70.3 Å². The van der Waals surface area contributed by atoms with Crippen LogP contribution < -0.4 is 21.2 Å². The third-order valence-electron chi connectivity index (χ3n) is 3.42. The number of benzene rings is 1. The van der Waals surface area contributed by atoms with E-state index in [1.165, 1.54) is 37.7 Å². The van der Waals surface area contributed by atoms with E-state index in [4.69, 9.17) is 9.15 Å². The van der Waals surface area contributed by atoms with Crippen molar-refractivity contribution in [2.24, 2.45) is 0 Å².